The second kappa shape index (κ2) is 6.23. The van der Waals surface area contributed by atoms with E-state index in [-0.39, 0.29) is 46.7 Å². The fraction of sp³-hybridized carbons (Fsp3) is 0.458. The number of rotatable bonds is 3. The number of ketones is 1. The smallest absolute Gasteiger partial charge is 0.214 e. The molecule has 2 aromatic carbocycles. The van der Waals surface area contributed by atoms with Crippen LogP contribution in [0.25, 0.3) is 0 Å². The van der Waals surface area contributed by atoms with Gasteiger partial charge in [0.25, 0.3) is 0 Å². The minimum atomic E-state index is -0.701. The summed E-state index contributed by atoms with van der Waals surface area (Å²) in [6.07, 6.45) is 3.60. The second-order valence-electron chi connectivity index (χ2n) is 9.20. The number of phenolic OH excluding ortho intramolecular Hbond substituents is 2. The van der Waals surface area contributed by atoms with Crippen LogP contribution in [0.1, 0.15) is 66.9 Å². The fourth-order valence-electron chi connectivity index (χ4n) is 5.64. The van der Waals surface area contributed by atoms with Gasteiger partial charge in [-0.05, 0) is 38.7 Å². The summed E-state index contributed by atoms with van der Waals surface area (Å²) < 4.78 is 12.7. The van der Waals surface area contributed by atoms with Gasteiger partial charge in [-0.25, -0.2) is 0 Å². The van der Waals surface area contributed by atoms with Crippen LogP contribution in [-0.2, 0) is 11.2 Å². The molecule has 1 saturated heterocycles. The van der Waals surface area contributed by atoms with Crippen molar-refractivity contribution in [3.05, 3.63) is 53.1 Å². The van der Waals surface area contributed by atoms with E-state index in [1.807, 2.05) is 30.3 Å². The van der Waals surface area contributed by atoms with Crippen molar-refractivity contribution in [2.24, 2.45) is 5.92 Å². The van der Waals surface area contributed by atoms with Crippen LogP contribution in [0.4, 0.5) is 0 Å². The van der Waals surface area contributed by atoms with Crippen molar-refractivity contribution in [1.82, 2.24) is 0 Å². The van der Waals surface area contributed by atoms with E-state index in [0.29, 0.717) is 11.3 Å². The van der Waals surface area contributed by atoms with Crippen LogP contribution in [0.15, 0.2) is 36.4 Å². The zero-order chi connectivity index (χ0) is 20.4. The maximum Gasteiger partial charge on any atom is 0.214 e. The molecule has 5 heteroatoms. The predicted molar refractivity (Wildman–Crippen MR) is 107 cm³/mol. The number of hydrogen-bond acceptors (Lipinski definition) is 5. The molecule has 0 aromatic heterocycles. The lowest BCUT2D eigenvalue weighted by molar-refractivity contribution is -0.234. The normalized spacial score (nSPS) is 28.9. The number of carbonyl (C=O) groups is 1. The molecule has 5 nitrogen and oxygen atoms in total. The Balaban J connectivity index is 1.57. The molecule has 29 heavy (non-hydrogen) atoms. The number of hydrogen-bond donors (Lipinski definition) is 2. The van der Waals surface area contributed by atoms with Gasteiger partial charge >= 0.3 is 0 Å². The standard InChI is InChI=1S/C24H26O5/c1-23(2)13-16-15-9-6-10-24(16,29-23)28-19-12-18(26)21(22(27)20(15)19)17(25)11-14-7-4-3-5-8-14/h3-5,7-8,12,15-16,26-27H,6,9-11,13H2,1-2H3. The molecule has 3 atom stereocenters. The Labute approximate surface area is 170 Å². The molecule has 2 N–H and O–H groups in total. The van der Waals surface area contributed by atoms with Crippen LogP contribution < -0.4 is 4.74 Å². The average molecular weight is 394 g/mol. The van der Waals surface area contributed by atoms with Crippen molar-refractivity contribution in [3.8, 4) is 17.2 Å². The molecular weight excluding hydrogens is 368 g/mol. The molecule has 2 bridgehead atoms. The first-order chi connectivity index (χ1) is 13.8. The molecule has 152 valence electrons. The predicted octanol–water partition coefficient (Wildman–Crippen LogP) is 4.69. The minimum absolute atomic E-state index is 0.00699. The number of Topliss-reactive ketones (excluding diaryl/α,β-unsaturated/α-hetero) is 1. The number of phenols is 2. The van der Waals surface area contributed by atoms with E-state index >= 15 is 0 Å². The zero-order valence-electron chi connectivity index (χ0n) is 16.8. The highest BCUT2D eigenvalue weighted by Crippen LogP contribution is 2.62. The third-order valence-corrected chi connectivity index (χ3v) is 6.67. The van der Waals surface area contributed by atoms with E-state index in [2.05, 4.69) is 13.8 Å². The summed E-state index contributed by atoms with van der Waals surface area (Å²) in [6.45, 7) is 4.13. The van der Waals surface area contributed by atoms with E-state index < -0.39 is 5.79 Å². The first-order valence-electron chi connectivity index (χ1n) is 10.3. The second-order valence-corrected chi connectivity index (χ2v) is 9.20. The Morgan fingerprint density at radius 2 is 1.97 bits per heavy atom. The maximum absolute atomic E-state index is 13.0. The molecule has 2 aliphatic heterocycles. The zero-order valence-corrected chi connectivity index (χ0v) is 16.8. The fourth-order valence-corrected chi connectivity index (χ4v) is 5.64. The van der Waals surface area contributed by atoms with Gasteiger partial charge in [-0.15, -0.1) is 0 Å². The molecule has 2 aromatic rings. The third kappa shape index (κ3) is 2.83. The van der Waals surface area contributed by atoms with Gasteiger partial charge in [0, 0.05) is 36.3 Å². The quantitative estimate of drug-likeness (QED) is 0.739. The largest absolute Gasteiger partial charge is 0.507 e. The van der Waals surface area contributed by atoms with Crippen molar-refractivity contribution >= 4 is 5.78 Å². The van der Waals surface area contributed by atoms with Crippen LogP contribution >= 0.6 is 0 Å². The monoisotopic (exact) mass is 394 g/mol. The summed E-state index contributed by atoms with van der Waals surface area (Å²) in [7, 11) is 0. The number of carbonyl (C=O) groups excluding carboxylic acids is 1. The third-order valence-electron chi connectivity index (χ3n) is 6.67. The van der Waals surface area contributed by atoms with Gasteiger partial charge in [-0.2, -0.15) is 0 Å². The van der Waals surface area contributed by atoms with Crippen LogP contribution in [0.3, 0.4) is 0 Å². The Bertz CT molecular complexity index is 981. The van der Waals surface area contributed by atoms with E-state index in [1.165, 1.54) is 6.07 Å². The van der Waals surface area contributed by atoms with E-state index in [1.54, 1.807) is 0 Å². The van der Waals surface area contributed by atoms with E-state index in [0.717, 1.165) is 31.2 Å². The van der Waals surface area contributed by atoms with Gasteiger partial charge in [0.05, 0.1) is 5.60 Å². The van der Waals surface area contributed by atoms with Crippen molar-refractivity contribution < 1.29 is 24.5 Å². The van der Waals surface area contributed by atoms with Crippen LogP contribution in [-0.4, -0.2) is 27.4 Å². The summed E-state index contributed by atoms with van der Waals surface area (Å²) in [5.74, 6) is -0.754. The lowest BCUT2D eigenvalue weighted by Gasteiger charge is -2.47. The topological polar surface area (TPSA) is 76.0 Å². The molecule has 2 fully saturated rings. The van der Waals surface area contributed by atoms with E-state index in [9.17, 15) is 15.0 Å². The first kappa shape index (κ1) is 18.5. The van der Waals surface area contributed by atoms with Crippen molar-refractivity contribution in [3.63, 3.8) is 0 Å². The molecule has 0 radical (unpaired) electrons. The summed E-state index contributed by atoms with van der Waals surface area (Å²) in [5.41, 5.74) is 1.18. The summed E-state index contributed by atoms with van der Waals surface area (Å²) in [6, 6.07) is 10.8. The molecule has 0 amide bonds. The Hall–Kier alpha value is -2.53. The van der Waals surface area contributed by atoms with Crippen molar-refractivity contribution in [1.29, 1.82) is 0 Å². The summed E-state index contributed by atoms with van der Waals surface area (Å²) in [5, 5.41) is 21.7. The highest BCUT2D eigenvalue weighted by Gasteiger charge is 2.61. The van der Waals surface area contributed by atoms with E-state index in [4.69, 9.17) is 9.47 Å². The van der Waals surface area contributed by atoms with Crippen LogP contribution in [0.2, 0.25) is 0 Å². The average Bonchev–Trinajstić information content (AvgIpc) is 2.92. The number of benzene rings is 2. The SMILES string of the molecule is CC1(C)CC2C3CCCC2(Oc2cc(O)c(C(=O)Cc4ccccc4)c(O)c23)O1. The molecule has 0 spiro atoms. The maximum atomic E-state index is 13.0. The van der Waals surface area contributed by atoms with Gasteiger partial charge in [0.2, 0.25) is 5.79 Å². The molecule has 1 saturated carbocycles. The molecule has 3 unspecified atom stereocenters. The van der Waals surface area contributed by atoms with Gasteiger partial charge in [0.1, 0.15) is 22.8 Å². The lowest BCUT2D eigenvalue weighted by atomic mass is 9.68. The Morgan fingerprint density at radius 1 is 1.21 bits per heavy atom. The summed E-state index contributed by atoms with van der Waals surface area (Å²) in [4.78, 5) is 13.0. The molecule has 5 rings (SSSR count). The van der Waals surface area contributed by atoms with Crippen LogP contribution in [0.5, 0.6) is 17.2 Å². The van der Waals surface area contributed by atoms with Crippen LogP contribution in [0, 0.1) is 5.92 Å². The van der Waals surface area contributed by atoms with Gasteiger partial charge in [0.15, 0.2) is 5.78 Å². The molecule has 3 aliphatic rings. The highest BCUT2D eigenvalue weighted by molar-refractivity contribution is 6.03. The lowest BCUT2D eigenvalue weighted by Crippen LogP contribution is -2.50. The van der Waals surface area contributed by atoms with Crippen molar-refractivity contribution in [2.45, 2.75) is 63.3 Å². The van der Waals surface area contributed by atoms with Gasteiger partial charge < -0.3 is 19.7 Å². The molecular formula is C24H26O5. The highest BCUT2D eigenvalue weighted by atomic mass is 16.7. The number of ether oxygens (including phenoxy) is 2. The molecule has 2 heterocycles. The van der Waals surface area contributed by atoms with Crippen molar-refractivity contribution in [2.75, 3.05) is 0 Å². The first-order valence-corrected chi connectivity index (χ1v) is 10.3. The molecule has 1 aliphatic carbocycles. The van der Waals surface area contributed by atoms with Gasteiger partial charge in [-0.3, -0.25) is 4.79 Å². The number of aromatic hydroxyl groups is 2. The minimum Gasteiger partial charge on any atom is -0.507 e. The van der Waals surface area contributed by atoms with Gasteiger partial charge in [-0.1, -0.05) is 30.3 Å². The Kier molecular flexibility index (Phi) is 3.97. The summed E-state index contributed by atoms with van der Waals surface area (Å²) >= 11 is 0. The Morgan fingerprint density at radius 3 is 2.72 bits per heavy atom. The number of fused-ring (bicyclic) bond motifs is 2.